The molecule has 8 nitrogen and oxygen atoms in total. The number of ether oxygens (including phenoxy) is 1. The second-order valence-corrected chi connectivity index (χ2v) is 9.95. The highest BCUT2D eigenvalue weighted by Crippen LogP contribution is 2.39. The molecule has 1 aliphatic heterocycles. The minimum atomic E-state index is -3.88. The molecule has 0 saturated heterocycles. The van der Waals surface area contributed by atoms with Gasteiger partial charge < -0.3 is 9.84 Å². The molecule has 1 unspecified atom stereocenters. The summed E-state index contributed by atoms with van der Waals surface area (Å²) in [6.07, 6.45) is -0.177. The van der Waals surface area contributed by atoms with Crippen molar-refractivity contribution in [3.63, 3.8) is 0 Å². The molecule has 0 saturated carbocycles. The fourth-order valence-corrected chi connectivity index (χ4v) is 4.93. The van der Waals surface area contributed by atoms with Crippen molar-refractivity contribution in [2.75, 3.05) is 15.7 Å². The number of aryl methyl sites for hydroxylation is 1. The number of benzene rings is 1. The quantitative estimate of drug-likeness (QED) is 0.815. The Kier molecular flexibility index (Phi) is 5.20. The molecule has 2 aromatic rings. The Morgan fingerprint density at radius 1 is 1.31 bits per heavy atom. The first-order valence-electron chi connectivity index (χ1n) is 9.20. The predicted octanol–water partition coefficient (Wildman–Crippen LogP) is 3.65. The summed E-state index contributed by atoms with van der Waals surface area (Å²) in [5.41, 5.74) is 0.568. The molecule has 0 bridgehead atoms. The van der Waals surface area contributed by atoms with E-state index in [-0.39, 0.29) is 28.7 Å². The van der Waals surface area contributed by atoms with E-state index in [0.717, 1.165) is 10.5 Å². The van der Waals surface area contributed by atoms with Gasteiger partial charge in [-0.25, -0.2) is 18.2 Å². The van der Waals surface area contributed by atoms with Crippen LogP contribution in [-0.4, -0.2) is 42.8 Å². The van der Waals surface area contributed by atoms with E-state index in [2.05, 4.69) is 4.98 Å². The Bertz CT molecular complexity index is 1050. The normalized spacial score (nSPS) is 16.7. The smallest absolute Gasteiger partial charge is 0.412 e. The number of hydrogen-bond acceptors (Lipinski definition) is 5. The zero-order chi connectivity index (χ0) is 21.6. The highest BCUT2D eigenvalue weighted by atomic mass is 32.2. The van der Waals surface area contributed by atoms with Crippen molar-refractivity contribution in [2.45, 2.75) is 51.2 Å². The van der Waals surface area contributed by atoms with Crippen molar-refractivity contribution >= 4 is 27.5 Å². The summed E-state index contributed by atoms with van der Waals surface area (Å²) in [7, 11) is -3.88. The molecule has 1 aromatic heterocycles. The number of pyridine rings is 1. The number of hydrogen-bond donors (Lipinski definition) is 1. The molecule has 3 rings (SSSR count). The van der Waals surface area contributed by atoms with Crippen LogP contribution in [0, 0.1) is 6.92 Å². The van der Waals surface area contributed by atoms with Crippen LogP contribution in [-0.2, 0) is 10.0 Å². The Morgan fingerprint density at radius 2 is 2.00 bits per heavy atom. The van der Waals surface area contributed by atoms with E-state index >= 15 is 0 Å². The second-order valence-electron chi connectivity index (χ2n) is 8.09. The maximum Gasteiger partial charge on any atom is 0.412 e. The van der Waals surface area contributed by atoms with Gasteiger partial charge in [0.2, 0.25) is 5.88 Å². The molecule has 1 atom stereocenters. The van der Waals surface area contributed by atoms with Crippen LogP contribution < -0.4 is 13.9 Å². The van der Waals surface area contributed by atoms with Crippen LogP contribution in [0.15, 0.2) is 41.4 Å². The van der Waals surface area contributed by atoms with Gasteiger partial charge >= 0.3 is 6.09 Å². The maximum absolute atomic E-state index is 13.4. The van der Waals surface area contributed by atoms with Crippen LogP contribution in [0.2, 0.25) is 0 Å². The Balaban J connectivity index is 2.15. The number of nitrogens with zero attached hydrogens (tertiary/aromatic N) is 3. The van der Waals surface area contributed by atoms with Crippen molar-refractivity contribution in [2.24, 2.45) is 0 Å². The van der Waals surface area contributed by atoms with E-state index in [0.29, 0.717) is 0 Å². The third kappa shape index (κ3) is 4.00. The molecule has 0 aliphatic carbocycles. The summed E-state index contributed by atoms with van der Waals surface area (Å²) in [4.78, 5) is 17.4. The molecule has 9 heteroatoms. The number of aromatic nitrogens is 1. The molecule has 0 fully saturated rings. The molecule has 2 heterocycles. The fourth-order valence-electron chi connectivity index (χ4n) is 3.30. The number of rotatable bonds is 3. The van der Waals surface area contributed by atoms with Crippen LogP contribution in [0.25, 0.3) is 0 Å². The van der Waals surface area contributed by atoms with Crippen LogP contribution in [0.4, 0.5) is 16.2 Å². The first-order chi connectivity index (χ1) is 13.4. The predicted molar refractivity (Wildman–Crippen MR) is 110 cm³/mol. The van der Waals surface area contributed by atoms with Crippen LogP contribution in [0.5, 0.6) is 5.88 Å². The Morgan fingerprint density at radius 3 is 2.59 bits per heavy atom. The van der Waals surface area contributed by atoms with Crippen molar-refractivity contribution < 1.29 is 23.1 Å². The monoisotopic (exact) mass is 419 g/mol. The summed E-state index contributed by atoms with van der Waals surface area (Å²) in [5, 5.41) is 9.68. The highest BCUT2D eigenvalue weighted by Gasteiger charge is 2.36. The highest BCUT2D eigenvalue weighted by molar-refractivity contribution is 7.92. The molecule has 29 heavy (non-hydrogen) atoms. The maximum atomic E-state index is 13.4. The van der Waals surface area contributed by atoms with Gasteiger partial charge in [-0.15, -0.1) is 0 Å². The van der Waals surface area contributed by atoms with Gasteiger partial charge in [0, 0.05) is 5.54 Å². The SMILES string of the molecule is Cc1cccc(S(=O)(=O)N2CC(C)Oc3ncc(N(C(=O)O)C(C)(C)C)cc32)c1. The number of sulfonamides is 1. The van der Waals surface area contributed by atoms with E-state index < -0.39 is 27.8 Å². The van der Waals surface area contributed by atoms with E-state index in [4.69, 9.17) is 4.74 Å². The first-order valence-corrected chi connectivity index (χ1v) is 10.6. The lowest BCUT2D eigenvalue weighted by Gasteiger charge is -2.36. The first kappa shape index (κ1) is 20.9. The van der Waals surface area contributed by atoms with E-state index in [1.165, 1.54) is 22.6 Å². The van der Waals surface area contributed by atoms with Crippen LogP contribution in [0.1, 0.15) is 33.3 Å². The lowest BCUT2D eigenvalue weighted by molar-refractivity contribution is 0.195. The number of anilines is 2. The molecule has 156 valence electrons. The van der Waals surface area contributed by atoms with E-state index in [1.54, 1.807) is 39.8 Å². The zero-order valence-corrected chi connectivity index (χ0v) is 17.9. The minimum Gasteiger partial charge on any atom is -0.471 e. The van der Waals surface area contributed by atoms with Gasteiger partial charge in [0.05, 0.1) is 23.3 Å². The van der Waals surface area contributed by atoms with Gasteiger partial charge in [-0.1, -0.05) is 12.1 Å². The molecule has 1 aromatic carbocycles. The average Bonchev–Trinajstić information content (AvgIpc) is 2.59. The number of carbonyl (C=O) groups is 1. The fraction of sp³-hybridized carbons (Fsp3) is 0.400. The Labute approximate surface area is 170 Å². The number of carboxylic acid groups (broad SMARTS) is 1. The van der Waals surface area contributed by atoms with Crippen LogP contribution >= 0.6 is 0 Å². The third-order valence-corrected chi connectivity index (χ3v) is 6.30. The molecule has 0 spiro atoms. The van der Waals surface area contributed by atoms with Gasteiger partial charge in [0.15, 0.2) is 0 Å². The average molecular weight is 420 g/mol. The van der Waals surface area contributed by atoms with Crippen molar-refractivity contribution in [1.82, 2.24) is 4.98 Å². The molecule has 1 N–H and O–H groups in total. The van der Waals surface area contributed by atoms with Crippen molar-refractivity contribution in [3.8, 4) is 5.88 Å². The lowest BCUT2D eigenvalue weighted by atomic mass is 10.1. The van der Waals surface area contributed by atoms with Crippen LogP contribution in [0.3, 0.4) is 0 Å². The Hall–Kier alpha value is -2.81. The summed E-state index contributed by atoms with van der Waals surface area (Å²) >= 11 is 0. The molecule has 0 radical (unpaired) electrons. The third-order valence-electron chi connectivity index (χ3n) is 4.52. The largest absolute Gasteiger partial charge is 0.471 e. The molecule has 1 aliphatic rings. The summed E-state index contributed by atoms with van der Waals surface area (Å²) in [5.74, 6) is 0.156. The second kappa shape index (κ2) is 7.22. The van der Waals surface area contributed by atoms with Gasteiger partial charge in [-0.3, -0.25) is 9.21 Å². The lowest BCUT2D eigenvalue weighted by Crippen LogP contribution is -2.46. The topological polar surface area (TPSA) is 100 Å². The van der Waals surface area contributed by atoms with E-state index in [9.17, 15) is 18.3 Å². The summed E-state index contributed by atoms with van der Waals surface area (Å²) < 4.78 is 33.7. The van der Waals surface area contributed by atoms with Gasteiger partial charge in [-0.05, 0) is 58.4 Å². The van der Waals surface area contributed by atoms with Gasteiger partial charge in [0.1, 0.15) is 11.8 Å². The van der Waals surface area contributed by atoms with Crippen molar-refractivity contribution in [3.05, 3.63) is 42.1 Å². The van der Waals surface area contributed by atoms with Gasteiger partial charge in [-0.2, -0.15) is 0 Å². The molecule has 1 amide bonds. The molecular weight excluding hydrogens is 394 g/mol. The molecular formula is C20H25N3O5S. The number of amides is 1. The van der Waals surface area contributed by atoms with Crippen molar-refractivity contribution in [1.29, 1.82) is 0 Å². The summed E-state index contributed by atoms with van der Waals surface area (Å²) in [6, 6.07) is 8.15. The number of fused-ring (bicyclic) bond motifs is 1. The van der Waals surface area contributed by atoms with Gasteiger partial charge in [0.25, 0.3) is 10.0 Å². The zero-order valence-electron chi connectivity index (χ0n) is 17.1. The minimum absolute atomic E-state index is 0.0942. The standard InChI is InChI=1S/C20H25N3O5S/c1-13-7-6-8-16(9-13)29(26,27)22-12-14(2)28-18-17(22)10-15(11-21-18)23(19(24)25)20(3,4)5/h6-11,14H,12H2,1-5H3,(H,24,25). The van der Waals surface area contributed by atoms with E-state index in [1.807, 2.05) is 13.0 Å². The summed E-state index contributed by atoms with van der Waals surface area (Å²) in [6.45, 7) is 8.93.